The number of aryl methyl sites for hydroxylation is 1. The fraction of sp³-hybridized carbons (Fsp3) is 0.214. The Labute approximate surface area is 148 Å². The minimum Gasteiger partial charge on any atom is -0.497 e. The number of nitrogens with zero attached hydrogens (tertiary/aromatic N) is 4. The van der Waals surface area contributed by atoms with Gasteiger partial charge in [-0.3, -0.25) is 10.2 Å². The van der Waals surface area contributed by atoms with Crippen LogP contribution in [0.5, 0.6) is 5.75 Å². The Morgan fingerprint density at radius 1 is 1.48 bits per heavy atom. The van der Waals surface area contributed by atoms with Crippen molar-refractivity contribution < 1.29 is 14.5 Å². The number of carbonyl (C=O) groups excluding carboxylic acids is 1. The van der Waals surface area contributed by atoms with Gasteiger partial charge in [0.05, 0.1) is 29.7 Å². The molecule has 1 aromatic carbocycles. The molecule has 0 atom stereocenters. The van der Waals surface area contributed by atoms with Crippen LogP contribution in [0.25, 0.3) is 0 Å². The number of nitrogens with two attached hydrogens (primary N) is 1. The summed E-state index contributed by atoms with van der Waals surface area (Å²) < 4.78 is 6.29. The van der Waals surface area contributed by atoms with Crippen LogP contribution in [0.15, 0.2) is 30.3 Å². The number of hydrogen-bond donors (Lipinski definition) is 2. The number of rotatable bonds is 5. The second kappa shape index (κ2) is 7.57. The molecule has 3 N–H and O–H groups in total. The van der Waals surface area contributed by atoms with Gasteiger partial charge in [0.2, 0.25) is 0 Å². The lowest BCUT2D eigenvalue weighted by Crippen LogP contribution is -2.50. The molecule has 0 bridgehead atoms. The first-order chi connectivity index (χ1) is 11.8. The highest BCUT2D eigenvalue weighted by Crippen LogP contribution is 2.18. The molecule has 0 saturated heterocycles. The highest BCUT2D eigenvalue weighted by molar-refractivity contribution is 7.80. The Morgan fingerprint density at radius 2 is 2.12 bits per heavy atom. The molecule has 10 nitrogen and oxygen atoms in total. The van der Waals surface area contributed by atoms with E-state index in [0.717, 1.165) is 0 Å². The van der Waals surface area contributed by atoms with Crippen molar-refractivity contribution in [2.75, 3.05) is 12.1 Å². The number of benzene rings is 1. The van der Waals surface area contributed by atoms with Gasteiger partial charge in [0.25, 0.3) is 5.91 Å². The summed E-state index contributed by atoms with van der Waals surface area (Å²) in [6.45, 7) is 1.39. The maximum atomic E-state index is 12.2. The molecule has 0 aliphatic heterocycles. The number of anilines is 1. The Hall–Kier alpha value is -3.21. The van der Waals surface area contributed by atoms with Crippen molar-refractivity contribution in [2.24, 2.45) is 5.73 Å². The summed E-state index contributed by atoms with van der Waals surface area (Å²) in [6, 6.07) is 7.99. The molecule has 11 heteroatoms. The molecule has 0 fully saturated rings. The van der Waals surface area contributed by atoms with E-state index in [-0.39, 0.29) is 17.5 Å². The van der Waals surface area contributed by atoms with Crippen LogP contribution in [0.3, 0.4) is 0 Å². The predicted octanol–water partition coefficient (Wildman–Crippen LogP) is 0.890. The van der Waals surface area contributed by atoms with E-state index in [1.54, 1.807) is 31.2 Å². The summed E-state index contributed by atoms with van der Waals surface area (Å²) in [5.41, 5.74) is 9.21. The Kier molecular flexibility index (Phi) is 5.49. The second-order valence-electron chi connectivity index (χ2n) is 4.97. The quantitative estimate of drug-likeness (QED) is 0.455. The fourth-order valence-electron chi connectivity index (χ4n) is 2.02. The molecule has 0 spiro atoms. The summed E-state index contributed by atoms with van der Waals surface area (Å²) in [7, 11) is 1.54. The van der Waals surface area contributed by atoms with Gasteiger partial charge in [-0.05, 0) is 48.3 Å². The summed E-state index contributed by atoms with van der Waals surface area (Å²) in [6.07, 6.45) is 0. The smallest absolute Gasteiger partial charge is 0.390 e. The van der Waals surface area contributed by atoms with Crippen LogP contribution in [0.4, 0.5) is 11.5 Å². The molecular formula is C14H16N6O4S. The first-order valence-corrected chi connectivity index (χ1v) is 7.44. The average molecular weight is 364 g/mol. The molecule has 0 aliphatic carbocycles. The standard InChI is InChI=1S/C14H16N6O4S/c1-9-7-12(20(22)23)16-18(9)8-13(21)17-19(14(15)25)10-3-5-11(24-2)6-4-10/h3-7H,8H2,1-2H3,(H2,15,25)(H,17,21). The van der Waals surface area contributed by atoms with Gasteiger partial charge < -0.3 is 20.6 Å². The third-order valence-electron chi connectivity index (χ3n) is 3.24. The summed E-state index contributed by atoms with van der Waals surface area (Å²) in [4.78, 5) is 22.3. The van der Waals surface area contributed by atoms with Crippen LogP contribution < -0.4 is 20.9 Å². The monoisotopic (exact) mass is 364 g/mol. The minimum absolute atomic E-state index is 0.0679. The molecule has 0 radical (unpaired) electrons. The van der Waals surface area contributed by atoms with E-state index in [0.29, 0.717) is 17.1 Å². The number of thiocarbonyl (C=S) groups is 1. The number of carbonyl (C=O) groups is 1. The lowest BCUT2D eigenvalue weighted by Gasteiger charge is -2.23. The third-order valence-corrected chi connectivity index (χ3v) is 3.42. The lowest BCUT2D eigenvalue weighted by atomic mass is 10.3. The van der Waals surface area contributed by atoms with Gasteiger partial charge in [-0.1, -0.05) is 0 Å². The van der Waals surface area contributed by atoms with Crippen molar-refractivity contribution in [3.8, 4) is 5.75 Å². The molecule has 132 valence electrons. The maximum Gasteiger partial charge on any atom is 0.390 e. The van der Waals surface area contributed by atoms with Gasteiger partial charge in [0.1, 0.15) is 12.3 Å². The van der Waals surface area contributed by atoms with Gasteiger partial charge in [-0.15, -0.1) is 0 Å². The molecule has 1 aromatic heterocycles. The number of hydrazine groups is 1. The van der Waals surface area contributed by atoms with Crippen LogP contribution in [0.2, 0.25) is 0 Å². The number of methoxy groups -OCH3 is 1. The Morgan fingerprint density at radius 3 is 2.60 bits per heavy atom. The zero-order chi connectivity index (χ0) is 18.6. The third kappa shape index (κ3) is 4.41. The molecule has 0 aliphatic rings. The maximum absolute atomic E-state index is 12.2. The number of amides is 1. The molecule has 25 heavy (non-hydrogen) atoms. The summed E-state index contributed by atoms with van der Waals surface area (Å²) in [5, 5.41) is 15.6. The van der Waals surface area contributed by atoms with Gasteiger partial charge in [0, 0.05) is 0 Å². The molecule has 0 saturated carbocycles. The van der Waals surface area contributed by atoms with Gasteiger partial charge >= 0.3 is 5.82 Å². The molecule has 0 unspecified atom stereocenters. The average Bonchev–Trinajstić information content (AvgIpc) is 2.93. The molecule has 1 amide bonds. The molecular weight excluding hydrogens is 348 g/mol. The van der Waals surface area contributed by atoms with E-state index in [2.05, 4.69) is 10.5 Å². The zero-order valence-electron chi connectivity index (χ0n) is 13.5. The lowest BCUT2D eigenvalue weighted by molar-refractivity contribution is -0.389. The van der Waals surface area contributed by atoms with E-state index in [1.165, 1.54) is 22.9 Å². The summed E-state index contributed by atoms with van der Waals surface area (Å²) in [5.74, 6) is -0.186. The Bertz CT molecular complexity index is 804. The van der Waals surface area contributed by atoms with Gasteiger partial charge in [-0.25, -0.2) is 5.01 Å². The SMILES string of the molecule is COc1ccc(N(NC(=O)Cn2nc([N+](=O)[O-])cc2C)C(N)=S)cc1. The van der Waals surface area contributed by atoms with Crippen molar-refractivity contribution in [3.05, 3.63) is 46.1 Å². The number of nitro groups is 1. The van der Waals surface area contributed by atoms with Crippen LogP contribution in [-0.2, 0) is 11.3 Å². The number of nitrogens with one attached hydrogen (secondary N) is 1. The highest BCUT2D eigenvalue weighted by Gasteiger charge is 2.19. The Balaban J connectivity index is 2.12. The first kappa shape index (κ1) is 18.1. The number of aromatic nitrogens is 2. The molecule has 2 aromatic rings. The zero-order valence-corrected chi connectivity index (χ0v) is 14.3. The van der Waals surface area contributed by atoms with E-state index < -0.39 is 10.8 Å². The van der Waals surface area contributed by atoms with E-state index in [1.807, 2.05) is 0 Å². The van der Waals surface area contributed by atoms with Crippen molar-refractivity contribution in [1.29, 1.82) is 0 Å². The van der Waals surface area contributed by atoms with Crippen LogP contribution in [0, 0.1) is 17.0 Å². The predicted molar refractivity (Wildman–Crippen MR) is 94.0 cm³/mol. The van der Waals surface area contributed by atoms with Gasteiger partial charge in [0.15, 0.2) is 5.11 Å². The van der Waals surface area contributed by atoms with Crippen LogP contribution in [0.1, 0.15) is 5.69 Å². The minimum atomic E-state index is -0.625. The largest absolute Gasteiger partial charge is 0.497 e. The number of ether oxygens (including phenoxy) is 1. The van der Waals surface area contributed by atoms with Crippen molar-refractivity contribution >= 4 is 34.7 Å². The molecule has 2 rings (SSSR count). The van der Waals surface area contributed by atoms with Crippen LogP contribution in [-0.4, -0.2) is 32.8 Å². The molecule has 1 heterocycles. The van der Waals surface area contributed by atoms with E-state index in [9.17, 15) is 14.9 Å². The summed E-state index contributed by atoms with van der Waals surface area (Å²) >= 11 is 4.95. The van der Waals surface area contributed by atoms with Gasteiger partial charge in [-0.2, -0.15) is 4.68 Å². The second-order valence-corrected chi connectivity index (χ2v) is 5.38. The normalized spacial score (nSPS) is 10.2. The van der Waals surface area contributed by atoms with Crippen molar-refractivity contribution in [3.63, 3.8) is 0 Å². The number of hydrogen-bond acceptors (Lipinski definition) is 6. The van der Waals surface area contributed by atoms with Crippen molar-refractivity contribution in [2.45, 2.75) is 13.5 Å². The van der Waals surface area contributed by atoms with E-state index in [4.69, 9.17) is 22.7 Å². The van der Waals surface area contributed by atoms with Crippen molar-refractivity contribution in [1.82, 2.24) is 15.2 Å². The fourth-order valence-corrected chi connectivity index (χ4v) is 2.17. The first-order valence-electron chi connectivity index (χ1n) is 7.03. The topological polar surface area (TPSA) is 129 Å². The van der Waals surface area contributed by atoms with E-state index >= 15 is 0 Å². The highest BCUT2D eigenvalue weighted by atomic mass is 32.1. The van der Waals surface area contributed by atoms with Crippen LogP contribution >= 0.6 is 12.2 Å².